The molecular formula is C22H30ClN5O2. The number of rotatable bonds is 4. The number of nitrogens with two attached hydrogens (primary N) is 1. The molecule has 2 heterocycles. The minimum Gasteiger partial charge on any atom is -0.379 e. The van der Waals surface area contributed by atoms with Gasteiger partial charge in [0.1, 0.15) is 5.82 Å². The maximum atomic E-state index is 12.3. The molecule has 8 heteroatoms. The minimum absolute atomic E-state index is 0.0299. The number of aryl methyl sites for hydroxylation is 1. The number of amides is 1. The third-order valence-electron chi connectivity index (χ3n) is 4.83. The largest absolute Gasteiger partial charge is 0.379 e. The number of nitrogens with zero attached hydrogens (tertiary/aromatic N) is 3. The molecule has 1 fully saturated rings. The van der Waals surface area contributed by atoms with E-state index < -0.39 is 0 Å². The number of halogens is 1. The van der Waals surface area contributed by atoms with Gasteiger partial charge in [-0.2, -0.15) is 4.98 Å². The number of nitrogen functional groups attached to an aromatic ring is 1. The molecule has 0 saturated carbocycles. The van der Waals surface area contributed by atoms with Crippen molar-refractivity contribution in [1.82, 2.24) is 9.97 Å². The van der Waals surface area contributed by atoms with Crippen molar-refractivity contribution in [2.24, 2.45) is 5.41 Å². The molecule has 3 rings (SSSR count). The number of ether oxygens (including phenoxy) is 1. The first-order valence-corrected chi connectivity index (χ1v) is 10.5. The van der Waals surface area contributed by atoms with Crippen LogP contribution in [0.3, 0.4) is 0 Å². The van der Waals surface area contributed by atoms with E-state index in [4.69, 9.17) is 22.1 Å². The van der Waals surface area contributed by atoms with Crippen LogP contribution >= 0.6 is 11.6 Å². The van der Waals surface area contributed by atoms with E-state index in [1.54, 1.807) is 6.07 Å². The summed E-state index contributed by atoms with van der Waals surface area (Å²) in [7, 11) is 0. The van der Waals surface area contributed by atoms with Crippen LogP contribution < -0.4 is 16.0 Å². The molecule has 1 aliphatic rings. The molecule has 7 nitrogen and oxygen atoms in total. The number of nitrogens with one attached hydrogen (secondary N) is 1. The van der Waals surface area contributed by atoms with E-state index in [0.717, 1.165) is 30.0 Å². The second-order valence-corrected chi connectivity index (χ2v) is 9.29. The third-order valence-corrected chi connectivity index (χ3v) is 5.15. The van der Waals surface area contributed by atoms with Gasteiger partial charge in [-0.25, -0.2) is 4.98 Å². The molecule has 1 aromatic heterocycles. The van der Waals surface area contributed by atoms with Gasteiger partial charge in [0.15, 0.2) is 0 Å². The van der Waals surface area contributed by atoms with Crippen LogP contribution in [0.15, 0.2) is 24.3 Å². The van der Waals surface area contributed by atoms with Gasteiger partial charge >= 0.3 is 0 Å². The maximum absolute atomic E-state index is 12.3. The van der Waals surface area contributed by atoms with E-state index in [-0.39, 0.29) is 23.3 Å². The van der Waals surface area contributed by atoms with Gasteiger partial charge in [-0.15, -0.1) is 0 Å². The Balaban J connectivity index is 1.87. The van der Waals surface area contributed by atoms with Crippen LogP contribution in [0.1, 0.15) is 50.9 Å². The van der Waals surface area contributed by atoms with E-state index in [1.807, 2.05) is 45.9 Å². The second-order valence-electron chi connectivity index (χ2n) is 8.89. The highest BCUT2D eigenvalue weighted by Crippen LogP contribution is 2.34. The fraction of sp³-hybridized carbons (Fsp3) is 0.500. The fourth-order valence-electron chi connectivity index (χ4n) is 3.59. The standard InChI is InChI=1S/C22H30ClN5O2/c1-14-10-19(27-21(24)25-14)28-8-5-9-30-13-18(28)16-7-6-15(11-17(16)23)26-20(29)12-22(2,3)4/h6-7,10-11,18H,5,8-9,12-13H2,1-4H3,(H,26,29)(H2,24,25,27). The second kappa shape index (κ2) is 9.18. The molecule has 1 aromatic carbocycles. The van der Waals surface area contributed by atoms with Crippen LogP contribution in [0.5, 0.6) is 0 Å². The van der Waals surface area contributed by atoms with Crippen molar-refractivity contribution in [1.29, 1.82) is 0 Å². The molecule has 2 aromatic rings. The highest BCUT2D eigenvalue weighted by molar-refractivity contribution is 6.31. The molecule has 30 heavy (non-hydrogen) atoms. The summed E-state index contributed by atoms with van der Waals surface area (Å²) < 4.78 is 5.83. The summed E-state index contributed by atoms with van der Waals surface area (Å²) in [6.45, 7) is 9.91. The number of aromatic nitrogens is 2. The fourth-order valence-corrected chi connectivity index (χ4v) is 3.90. The summed E-state index contributed by atoms with van der Waals surface area (Å²) in [5.74, 6) is 0.976. The maximum Gasteiger partial charge on any atom is 0.224 e. The minimum atomic E-state index is -0.118. The van der Waals surface area contributed by atoms with Gasteiger partial charge in [0.2, 0.25) is 11.9 Å². The average Bonchev–Trinajstić information content (AvgIpc) is 2.85. The smallest absolute Gasteiger partial charge is 0.224 e. The third kappa shape index (κ3) is 5.83. The Morgan fingerprint density at radius 2 is 2.10 bits per heavy atom. The van der Waals surface area contributed by atoms with Gasteiger partial charge in [0.25, 0.3) is 0 Å². The molecule has 162 valence electrons. The Kier molecular flexibility index (Phi) is 6.83. The van der Waals surface area contributed by atoms with Crippen molar-refractivity contribution >= 4 is 35.0 Å². The van der Waals surface area contributed by atoms with Crippen molar-refractivity contribution in [3.8, 4) is 0 Å². The van der Waals surface area contributed by atoms with Gasteiger partial charge in [-0.3, -0.25) is 4.79 Å². The zero-order chi connectivity index (χ0) is 21.9. The summed E-state index contributed by atoms with van der Waals surface area (Å²) in [6, 6.07) is 7.42. The summed E-state index contributed by atoms with van der Waals surface area (Å²) in [6.07, 6.45) is 1.31. The van der Waals surface area contributed by atoms with Gasteiger partial charge in [-0.05, 0) is 36.5 Å². The molecule has 0 spiro atoms. The molecule has 1 saturated heterocycles. The molecule has 0 radical (unpaired) electrons. The molecule has 1 atom stereocenters. The molecule has 1 aliphatic heterocycles. The van der Waals surface area contributed by atoms with Gasteiger partial charge < -0.3 is 20.7 Å². The molecular weight excluding hydrogens is 402 g/mol. The van der Waals surface area contributed by atoms with Crippen molar-refractivity contribution in [3.63, 3.8) is 0 Å². The van der Waals surface area contributed by atoms with E-state index in [9.17, 15) is 4.79 Å². The first-order chi connectivity index (χ1) is 14.1. The van der Waals surface area contributed by atoms with Gasteiger partial charge in [0.05, 0.1) is 12.6 Å². The highest BCUT2D eigenvalue weighted by atomic mass is 35.5. The van der Waals surface area contributed by atoms with Crippen LogP contribution in [-0.2, 0) is 9.53 Å². The summed E-state index contributed by atoms with van der Waals surface area (Å²) in [4.78, 5) is 23.0. The number of anilines is 3. The first kappa shape index (κ1) is 22.3. The van der Waals surface area contributed by atoms with Crippen LogP contribution in [0, 0.1) is 12.3 Å². The molecule has 1 unspecified atom stereocenters. The molecule has 0 bridgehead atoms. The SMILES string of the molecule is Cc1cc(N2CCCOCC2c2ccc(NC(=O)CC(C)(C)C)cc2Cl)nc(N)n1. The Morgan fingerprint density at radius 3 is 2.77 bits per heavy atom. The monoisotopic (exact) mass is 431 g/mol. The van der Waals surface area contributed by atoms with E-state index in [0.29, 0.717) is 30.3 Å². The molecule has 3 N–H and O–H groups in total. The number of hydrogen-bond donors (Lipinski definition) is 2. The Bertz CT molecular complexity index is 893. The first-order valence-electron chi connectivity index (χ1n) is 10.2. The van der Waals surface area contributed by atoms with Crippen LogP contribution in [0.4, 0.5) is 17.5 Å². The van der Waals surface area contributed by atoms with E-state index >= 15 is 0 Å². The lowest BCUT2D eigenvalue weighted by atomic mass is 9.92. The number of hydrogen-bond acceptors (Lipinski definition) is 6. The van der Waals surface area contributed by atoms with Crippen LogP contribution in [0.25, 0.3) is 0 Å². The van der Waals surface area contributed by atoms with E-state index in [2.05, 4.69) is 20.2 Å². The zero-order valence-electron chi connectivity index (χ0n) is 18.0. The number of carbonyl (C=O) groups is 1. The normalized spacial score (nSPS) is 17.5. The lowest BCUT2D eigenvalue weighted by Crippen LogP contribution is -2.32. The predicted octanol–water partition coefficient (Wildman–Crippen LogP) is 4.36. The predicted molar refractivity (Wildman–Crippen MR) is 121 cm³/mol. The Labute approximate surface area is 183 Å². The lowest BCUT2D eigenvalue weighted by Gasteiger charge is -2.31. The van der Waals surface area contributed by atoms with Crippen LogP contribution in [0.2, 0.25) is 5.02 Å². The lowest BCUT2D eigenvalue weighted by molar-refractivity contribution is -0.117. The van der Waals surface area contributed by atoms with Gasteiger partial charge in [0, 0.05) is 42.0 Å². The number of benzene rings is 1. The van der Waals surface area contributed by atoms with Crippen molar-refractivity contribution in [3.05, 3.63) is 40.5 Å². The van der Waals surface area contributed by atoms with Crippen LogP contribution in [-0.4, -0.2) is 35.6 Å². The van der Waals surface area contributed by atoms with E-state index in [1.165, 1.54) is 0 Å². The summed E-state index contributed by atoms with van der Waals surface area (Å²) in [5.41, 5.74) is 8.21. The summed E-state index contributed by atoms with van der Waals surface area (Å²) in [5, 5.41) is 3.51. The number of carbonyl (C=O) groups excluding carboxylic acids is 1. The molecule has 0 aliphatic carbocycles. The highest BCUT2D eigenvalue weighted by Gasteiger charge is 2.27. The Hall–Kier alpha value is -2.38. The average molecular weight is 432 g/mol. The van der Waals surface area contributed by atoms with Crippen molar-refractivity contribution in [2.75, 3.05) is 35.7 Å². The Morgan fingerprint density at radius 1 is 1.33 bits per heavy atom. The molecule has 1 amide bonds. The van der Waals surface area contributed by atoms with Crippen molar-refractivity contribution in [2.45, 2.75) is 46.6 Å². The zero-order valence-corrected chi connectivity index (χ0v) is 18.8. The van der Waals surface area contributed by atoms with Crippen molar-refractivity contribution < 1.29 is 9.53 Å². The topological polar surface area (TPSA) is 93.4 Å². The quantitative estimate of drug-likeness (QED) is 0.746. The van der Waals surface area contributed by atoms with Gasteiger partial charge in [-0.1, -0.05) is 38.4 Å². The summed E-state index contributed by atoms with van der Waals surface area (Å²) >= 11 is 6.66.